The smallest absolute Gasteiger partial charge is 0.259 e. The lowest BCUT2D eigenvalue weighted by Gasteiger charge is -2.18. The van der Waals surface area contributed by atoms with E-state index in [9.17, 15) is 9.59 Å². The second kappa shape index (κ2) is 8.22. The molecule has 0 aliphatic heterocycles. The van der Waals surface area contributed by atoms with Gasteiger partial charge in [-0.25, -0.2) is 9.50 Å². The van der Waals surface area contributed by atoms with E-state index in [0.717, 1.165) is 0 Å². The molecule has 3 heterocycles. The highest BCUT2D eigenvalue weighted by atomic mass is 16.3. The maximum Gasteiger partial charge on any atom is 0.259 e. The number of fused-ring (bicyclic) bond motifs is 2. The molecule has 5 aromatic rings. The second-order valence-corrected chi connectivity index (χ2v) is 7.70. The van der Waals surface area contributed by atoms with Gasteiger partial charge in [0, 0.05) is 18.0 Å². The van der Waals surface area contributed by atoms with Gasteiger partial charge in [-0.3, -0.25) is 9.59 Å². The average molecular weight is 449 g/mol. The summed E-state index contributed by atoms with van der Waals surface area (Å²) in [5, 5.41) is 7.33. The number of nitrogen functional groups attached to an aromatic ring is 1. The number of terminal acetylenes is 1. The fourth-order valence-electron chi connectivity index (χ4n) is 4.02. The summed E-state index contributed by atoms with van der Waals surface area (Å²) in [6.45, 7) is 1.73. The molecule has 0 saturated carbocycles. The minimum Gasteiger partial charge on any atom is -0.458 e. The number of aromatic nitrogens is 3. The van der Waals surface area contributed by atoms with Gasteiger partial charge in [-0.05, 0) is 30.7 Å². The number of amides is 1. The van der Waals surface area contributed by atoms with Gasteiger partial charge >= 0.3 is 0 Å². The Morgan fingerprint density at radius 1 is 1.18 bits per heavy atom. The van der Waals surface area contributed by atoms with Gasteiger partial charge in [-0.1, -0.05) is 42.3 Å². The van der Waals surface area contributed by atoms with Crippen molar-refractivity contribution in [3.63, 3.8) is 0 Å². The molecule has 3 aromatic heterocycles. The van der Waals surface area contributed by atoms with Crippen molar-refractivity contribution in [2.45, 2.75) is 13.0 Å². The van der Waals surface area contributed by atoms with Crippen molar-refractivity contribution in [1.82, 2.24) is 19.9 Å². The van der Waals surface area contributed by atoms with Gasteiger partial charge in [-0.2, -0.15) is 0 Å². The van der Waals surface area contributed by atoms with E-state index in [4.69, 9.17) is 16.6 Å². The molecule has 0 bridgehead atoms. The molecule has 0 spiro atoms. The van der Waals surface area contributed by atoms with Crippen molar-refractivity contribution in [1.29, 1.82) is 0 Å². The average Bonchev–Trinajstić information content (AvgIpc) is 3.19. The van der Waals surface area contributed by atoms with Crippen LogP contribution in [0.3, 0.4) is 0 Å². The van der Waals surface area contributed by atoms with E-state index >= 15 is 0 Å². The summed E-state index contributed by atoms with van der Waals surface area (Å²) >= 11 is 0. The maximum absolute atomic E-state index is 13.7. The minimum atomic E-state index is -0.688. The Hall–Kier alpha value is -4.90. The third kappa shape index (κ3) is 3.36. The first-order valence-corrected chi connectivity index (χ1v) is 10.5. The number of anilines is 1. The maximum atomic E-state index is 13.7. The Balaban J connectivity index is 1.65. The van der Waals surface area contributed by atoms with E-state index in [0.29, 0.717) is 39.1 Å². The van der Waals surface area contributed by atoms with Gasteiger partial charge < -0.3 is 15.5 Å². The SMILES string of the molecule is C#Cc1cccc2oc(C(C)NC(=O)c3c(N)nn4cccnc34)c(-c3ccccc3)c(=O)c12. The lowest BCUT2D eigenvalue weighted by atomic mass is 9.97. The fraction of sp³-hybridized carbons (Fsp3) is 0.0769. The molecule has 2 aromatic carbocycles. The molecule has 0 fully saturated rings. The molecule has 3 N–H and O–H groups in total. The van der Waals surface area contributed by atoms with E-state index in [1.165, 1.54) is 4.52 Å². The van der Waals surface area contributed by atoms with Crippen LogP contribution in [0.15, 0.2) is 76.2 Å². The highest BCUT2D eigenvalue weighted by Crippen LogP contribution is 2.30. The van der Waals surface area contributed by atoms with E-state index < -0.39 is 11.9 Å². The Bertz CT molecular complexity index is 1660. The first-order chi connectivity index (χ1) is 16.5. The van der Waals surface area contributed by atoms with Crippen LogP contribution in [0.5, 0.6) is 0 Å². The van der Waals surface area contributed by atoms with Crippen LogP contribution in [0.4, 0.5) is 5.82 Å². The second-order valence-electron chi connectivity index (χ2n) is 7.70. The van der Waals surface area contributed by atoms with Crippen LogP contribution in [0, 0.1) is 12.3 Å². The van der Waals surface area contributed by atoms with Crippen LogP contribution in [0.2, 0.25) is 0 Å². The van der Waals surface area contributed by atoms with Gasteiger partial charge in [0.2, 0.25) is 5.43 Å². The van der Waals surface area contributed by atoms with Crippen molar-refractivity contribution >= 4 is 28.3 Å². The zero-order chi connectivity index (χ0) is 23.8. The summed E-state index contributed by atoms with van der Waals surface area (Å²) in [6.07, 6.45) is 8.84. The molecule has 1 atom stereocenters. The van der Waals surface area contributed by atoms with E-state index in [1.807, 2.05) is 30.3 Å². The van der Waals surface area contributed by atoms with E-state index in [1.54, 1.807) is 43.6 Å². The quantitative estimate of drug-likeness (QED) is 0.406. The summed E-state index contributed by atoms with van der Waals surface area (Å²) in [4.78, 5) is 31.1. The molecule has 8 heteroatoms. The number of benzene rings is 2. The largest absolute Gasteiger partial charge is 0.458 e. The predicted octanol–water partition coefficient (Wildman–Crippen LogP) is 3.56. The summed E-state index contributed by atoms with van der Waals surface area (Å²) < 4.78 is 7.62. The Morgan fingerprint density at radius 2 is 1.97 bits per heavy atom. The molecular weight excluding hydrogens is 430 g/mol. The molecule has 8 nitrogen and oxygen atoms in total. The fourth-order valence-corrected chi connectivity index (χ4v) is 4.02. The van der Waals surface area contributed by atoms with E-state index in [2.05, 4.69) is 21.3 Å². The molecular formula is C26H19N5O3. The number of hydrogen-bond acceptors (Lipinski definition) is 6. The topological polar surface area (TPSA) is 116 Å². The summed E-state index contributed by atoms with van der Waals surface area (Å²) in [7, 11) is 0. The van der Waals surface area contributed by atoms with Crippen LogP contribution in [-0.2, 0) is 0 Å². The van der Waals surface area contributed by atoms with Gasteiger partial charge in [0.25, 0.3) is 5.91 Å². The predicted molar refractivity (Wildman–Crippen MR) is 129 cm³/mol. The number of carbonyl (C=O) groups excluding carboxylic acids is 1. The number of rotatable bonds is 4. The standard InChI is InChI=1S/C26H19N5O3/c1-3-16-11-7-12-18-19(16)22(32)20(17-9-5-4-6-10-17)23(34-18)15(2)29-26(33)21-24(27)30-31-14-8-13-28-25(21)31/h1,4-15H,2H3,(H2,27,30)(H,29,33). The summed E-state index contributed by atoms with van der Waals surface area (Å²) in [6, 6.07) is 15.2. The van der Waals surface area contributed by atoms with Crippen molar-refractivity contribution in [3.8, 4) is 23.5 Å². The third-order valence-electron chi connectivity index (χ3n) is 5.55. The van der Waals surface area contributed by atoms with Crippen LogP contribution in [0.25, 0.3) is 27.7 Å². The third-order valence-corrected chi connectivity index (χ3v) is 5.55. The zero-order valence-electron chi connectivity index (χ0n) is 18.1. The van der Waals surface area contributed by atoms with Gasteiger partial charge in [0.15, 0.2) is 11.5 Å². The highest BCUT2D eigenvalue weighted by molar-refractivity contribution is 6.04. The Morgan fingerprint density at radius 3 is 2.74 bits per heavy atom. The van der Waals surface area contributed by atoms with Crippen LogP contribution >= 0.6 is 0 Å². The van der Waals surface area contributed by atoms with Crippen LogP contribution in [-0.4, -0.2) is 20.5 Å². The lowest BCUT2D eigenvalue weighted by molar-refractivity contribution is 0.0938. The van der Waals surface area contributed by atoms with Crippen LogP contribution in [0.1, 0.15) is 34.6 Å². The Labute approximate surface area is 194 Å². The van der Waals surface area contributed by atoms with Crippen molar-refractivity contribution in [3.05, 3.63) is 94.1 Å². The van der Waals surface area contributed by atoms with Crippen LogP contribution < -0.4 is 16.5 Å². The number of nitrogens with one attached hydrogen (secondary N) is 1. The van der Waals surface area contributed by atoms with Gasteiger partial charge in [0.1, 0.15) is 16.9 Å². The minimum absolute atomic E-state index is 0.0466. The van der Waals surface area contributed by atoms with E-state index in [-0.39, 0.29) is 16.8 Å². The molecule has 5 rings (SSSR count). The molecule has 34 heavy (non-hydrogen) atoms. The Kier molecular flexibility index (Phi) is 5.07. The van der Waals surface area contributed by atoms with Crippen molar-refractivity contribution < 1.29 is 9.21 Å². The first-order valence-electron chi connectivity index (χ1n) is 10.5. The van der Waals surface area contributed by atoms with Crippen molar-refractivity contribution in [2.75, 3.05) is 5.73 Å². The normalized spacial score (nSPS) is 11.9. The molecule has 0 saturated heterocycles. The zero-order valence-corrected chi connectivity index (χ0v) is 18.1. The first kappa shape index (κ1) is 21.0. The summed E-state index contributed by atoms with van der Waals surface area (Å²) in [5.41, 5.74) is 7.96. The number of nitrogens with zero attached hydrogens (tertiary/aromatic N) is 3. The number of carbonyl (C=O) groups is 1. The molecule has 0 radical (unpaired) electrons. The monoisotopic (exact) mass is 449 g/mol. The molecule has 166 valence electrons. The molecule has 1 amide bonds. The molecule has 0 aliphatic rings. The number of nitrogens with two attached hydrogens (primary N) is 1. The highest BCUT2D eigenvalue weighted by Gasteiger charge is 2.26. The van der Waals surface area contributed by atoms with Gasteiger partial charge in [-0.15, -0.1) is 11.5 Å². The molecule has 1 unspecified atom stereocenters. The lowest BCUT2D eigenvalue weighted by Crippen LogP contribution is -2.28. The molecule has 0 aliphatic carbocycles. The summed E-state index contributed by atoms with van der Waals surface area (Å²) in [5.74, 6) is 2.41. The number of hydrogen-bond donors (Lipinski definition) is 2. The van der Waals surface area contributed by atoms with Gasteiger partial charge in [0.05, 0.1) is 17.0 Å². The van der Waals surface area contributed by atoms with Crippen molar-refractivity contribution in [2.24, 2.45) is 0 Å².